The Kier molecular flexibility index (Phi) is 4.50. The van der Waals surface area contributed by atoms with Crippen LogP contribution in [0.2, 0.25) is 0 Å². The molecule has 3 aromatic carbocycles. The van der Waals surface area contributed by atoms with Crippen LogP contribution in [0.25, 0.3) is 33.3 Å². The van der Waals surface area contributed by atoms with Crippen molar-refractivity contribution in [2.45, 2.75) is 12.3 Å². The van der Waals surface area contributed by atoms with Crippen LogP contribution in [0.1, 0.15) is 23.5 Å². The van der Waals surface area contributed by atoms with Crippen LogP contribution >= 0.6 is 0 Å². The topological polar surface area (TPSA) is 127 Å². The van der Waals surface area contributed by atoms with Gasteiger partial charge in [-0.3, -0.25) is 14.4 Å². The summed E-state index contributed by atoms with van der Waals surface area (Å²) in [5.41, 5.74) is 0.557. The van der Waals surface area contributed by atoms with Gasteiger partial charge in [-0.15, -0.1) is 0 Å². The minimum Gasteiger partial charge on any atom is -0.508 e. The first-order valence-electron chi connectivity index (χ1n) is 10.7. The van der Waals surface area contributed by atoms with E-state index in [0.29, 0.717) is 16.5 Å². The van der Waals surface area contributed by atoms with Crippen molar-refractivity contribution in [3.63, 3.8) is 0 Å². The van der Waals surface area contributed by atoms with Gasteiger partial charge in [0.2, 0.25) is 0 Å². The van der Waals surface area contributed by atoms with Crippen LogP contribution < -0.4 is 15.6 Å². The lowest BCUT2D eigenvalue weighted by molar-refractivity contribution is -0.135. The second-order valence-electron chi connectivity index (χ2n) is 8.28. The standard InChI is InChI=1S/C27H16O8/c28-14-7-5-13(6-8-14)21-10-18(29)25-19(30)11-22-24(27(25)35-21)16(9-23(31)34-22)17-12-33-20-4-2-1-3-15(20)26(17)32/h1-8,10-12,16,28,30H,9H2/t16-/m1/s1. The van der Waals surface area contributed by atoms with E-state index in [-0.39, 0.29) is 51.2 Å². The van der Waals surface area contributed by atoms with Gasteiger partial charge in [-0.2, -0.15) is 0 Å². The van der Waals surface area contributed by atoms with E-state index in [9.17, 15) is 24.6 Å². The van der Waals surface area contributed by atoms with E-state index in [1.165, 1.54) is 30.5 Å². The molecule has 0 fully saturated rings. The first kappa shape index (κ1) is 20.7. The summed E-state index contributed by atoms with van der Waals surface area (Å²) in [4.78, 5) is 38.9. The maximum atomic E-state index is 13.4. The summed E-state index contributed by atoms with van der Waals surface area (Å²) in [5.74, 6) is -1.64. The zero-order chi connectivity index (χ0) is 24.3. The number of para-hydroxylation sites is 1. The maximum Gasteiger partial charge on any atom is 0.312 e. The lowest BCUT2D eigenvalue weighted by atomic mass is 9.85. The molecule has 0 saturated carbocycles. The molecule has 1 aliphatic heterocycles. The third-order valence-corrected chi connectivity index (χ3v) is 6.16. The van der Waals surface area contributed by atoms with Gasteiger partial charge in [0.1, 0.15) is 39.6 Å². The van der Waals surface area contributed by atoms with E-state index in [1.807, 2.05) is 0 Å². The van der Waals surface area contributed by atoms with Gasteiger partial charge in [-0.25, -0.2) is 0 Å². The summed E-state index contributed by atoms with van der Waals surface area (Å²) in [6.45, 7) is 0. The molecule has 1 atom stereocenters. The van der Waals surface area contributed by atoms with Crippen LogP contribution in [0.4, 0.5) is 0 Å². The molecule has 8 nitrogen and oxygen atoms in total. The van der Waals surface area contributed by atoms with Crippen molar-refractivity contribution >= 4 is 27.9 Å². The number of hydrogen-bond donors (Lipinski definition) is 2. The van der Waals surface area contributed by atoms with Gasteiger partial charge in [0.15, 0.2) is 10.9 Å². The minimum absolute atomic E-state index is 0.000587. The fraction of sp³-hybridized carbons (Fsp3) is 0.0741. The zero-order valence-electron chi connectivity index (χ0n) is 18.0. The molecule has 0 amide bonds. The Balaban J connectivity index is 1.67. The molecule has 0 spiro atoms. The normalized spacial score (nSPS) is 15.2. The molecule has 0 unspecified atom stereocenters. The highest BCUT2D eigenvalue weighted by atomic mass is 16.5. The molecule has 0 radical (unpaired) electrons. The second kappa shape index (κ2) is 7.59. The van der Waals surface area contributed by atoms with Crippen LogP contribution in [0.3, 0.4) is 0 Å². The van der Waals surface area contributed by atoms with Crippen molar-refractivity contribution in [1.29, 1.82) is 0 Å². The number of fused-ring (bicyclic) bond motifs is 4. The molecule has 35 heavy (non-hydrogen) atoms. The molecule has 2 N–H and O–H groups in total. The lowest BCUT2D eigenvalue weighted by Crippen LogP contribution is -2.25. The smallest absolute Gasteiger partial charge is 0.312 e. The molecular formula is C27H16O8. The average molecular weight is 468 g/mol. The van der Waals surface area contributed by atoms with E-state index in [0.717, 1.165) is 0 Å². The Morgan fingerprint density at radius 3 is 2.49 bits per heavy atom. The van der Waals surface area contributed by atoms with E-state index in [1.54, 1.807) is 36.4 Å². The van der Waals surface area contributed by atoms with Crippen molar-refractivity contribution in [2.75, 3.05) is 0 Å². The van der Waals surface area contributed by atoms with Crippen molar-refractivity contribution in [3.05, 3.63) is 98.5 Å². The van der Waals surface area contributed by atoms with Gasteiger partial charge in [0.25, 0.3) is 0 Å². The number of benzene rings is 3. The van der Waals surface area contributed by atoms with Crippen LogP contribution in [0.15, 0.2) is 85.4 Å². The predicted molar refractivity (Wildman–Crippen MR) is 126 cm³/mol. The van der Waals surface area contributed by atoms with Crippen molar-refractivity contribution in [2.24, 2.45) is 0 Å². The van der Waals surface area contributed by atoms with Gasteiger partial charge in [-0.1, -0.05) is 12.1 Å². The van der Waals surface area contributed by atoms with Gasteiger partial charge >= 0.3 is 5.97 Å². The summed E-state index contributed by atoms with van der Waals surface area (Å²) >= 11 is 0. The second-order valence-corrected chi connectivity index (χ2v) is 8.28. The third-order valence-electron chi connectivity index (χ3n) is 6.16. The Bertz CT molecular complexity index is 1780. The molecular weight excluding hydrogens is 452 g/mol. The molecule has 6 rings (SSSR count). The molecule has 172 valence electrons. The summed E-state index contributed by atoms with van der Waals surface area (Å²) < 4.78 is 17.1. The molecule has 0 saturated heterocycles. The van der Waals surface area contributed by atoms with Crippen LogP contribution in [-0.4, -0.2) is 16.2 Å². The highest BCUT2D eigenvalue weighted by Crippen LogP contribution is 2.45. The maximum absolute atomic E-state index is 13.4. The molecule has 8 heteroatoms. The Morgan fingerprint density at radius 2 is 1.69 bits per heavy atom. The fourth-order valence-electron chi connectivity index (χ4n) is 4.53. The summed E-state index contributed by atoms with van der Waals surface area (Å²) in [6, 6.07) is 15.2. The SMILES string of the molecule is O=C1C[C@H](c2coc3ccccc3c2=O)c2c(cc(O)c3c(=O)cc(-c4ccc(O)cc4)oc23)O1. The first-order chi connectivity index (χ1) is 16.9. The summed E-state index contributed by atoms with van der Waals surface area (Å²) in [6.07, 6.45) is 1.11. The van der Waals surface area contributed by atoms with Crippen LogP contribution in [0, 0.1) is 0 Å². The number of aromatic hydroxyl groups is 2. The molecule has 0 bridgehead atoms. The first-order valence-corrected chi connectivity index (χ1v) is 10.7. The van der Waals surface area contributed by atoms with Crippen LogP contribution in [0.5, 0.6) is 17.2 Å². The molecule has 1 aliphatic rings. The number of phenols is 2. The number of ether oxygens (including phenoxy) is 1. The highest BCUT2D eigenvalue weighted by Gasteiger charge is 2.35. The van der Waals surface area contributed by atoms with Crippen molar-refractivity contribution in [1.82, 2.24) is 0 Å². The average Bonchev–Trinajstić information content (AvgIpc) is 2.84. The monoisotopic (exact) mass is 468 g/mol. The van der Waals surface area contributed by atoms with E-state index in [2.05, 4.69) is 0 Å². The molecule has 2 aromatic heterocycles. The summed E-state index contributed by atoms with van der Waals surface area (Å²) in [5, 5.41) is 20.4. The lowest BCUT2D eigenvalue weighted by Gasteiger charge is -2.25. The molecule has 5 aromatic rings. The number of carbonyl (C=O) groups is 1. The number of carbonyl (C=O) groups excluding carboxylic acids is 1. The largest absolute Gasteiger partial charge is 0.508 e. The van der Waals surface area contributed by atoms with Gasteiger partial charge in [0.05, 0.1) is 18.1 Å². The van der Waals surface area contributed by atoms with Crippen molar-refractivity contribution < 1.29 is 28.6 Å². The number of esters is 1. The van der Waals surface area contributed by atoms with E-state index in [4.69, 9.17) is 13.6 Å². The van der Waals surface area contributed by atoms with Gasteiger partial charge in [-0.05, 0) is 36.4 Å². The number of hydrogen-bond acceptors (Lipinski definition) is 8. The Labute approximate surface area is 196 Å². The fourth-order valence-corrected chi connectivity index (χ4v) is 4.53. The number of rotatable bonds is 2. The van der Waals surface area contributed by atoms with Gasteiger partial charge < -0.3 is 23.8 Å². The highest BCUT2D eigenvalue weighted by molar-refractivity contribution is 5.93. The van der Waals surface area contributed by atoms with Crippen LogP contribution in [-0.2, 0) is 4.79 Å². The van der Waals surface area contributed by atoms with E-state index >= 15 is 0 Å². The molecule has 0 aliphatic carbocycles. The van der Waals surface area contributed by atoms with E-state index < -0.39 is 23.1 Å². The molecule has 3 heterocycles. The van der Waals surface area contributed by atoms with Crippen molar-refractivity contribution in [3.8, 4) is 28.6 Å². The zero-order valence-corrected chi connectivity index (χ0v) is 18.0. The van der Waals surface area contributed by atoms with Gasteiger partial charge in [0, 0.05) is 34.7 Å². The predicted octanol–water partition coefficient (Wildman–Crippen LogP) is 4.42. The minimum atomic E-state index is -0.839. The number of phenolic OH excluding ortho intramolecular Hbond substituents is 2. The third kappa shape index (κ3) is 3.26. The summed E-state index contributed by atoms with van der Waals surface area (Å²) in [7, 11) is 0. The Hall–Kier alpha value is -4.85. The Morgan fingerprint density at radius 1 is 0.914 bits per heavy atom. The quantitative estimate of drug-likeness (QED) is 0.288.